The minimum atomic E-state index is -0.136. The molecule has 0 aliphatic carbocycles. The zero-order valence-electron chi connectivity index (χ0n) is 15.9. The standard InChI is InChI=1S/C21H23NO5/c1-5-8-27-14-6-7-15-16(12-22-17(15)11-14)20(23)13-9-18(24-2)21(26-4)19(10-13)25-3/h6-7,9-12,22H,5,8H2,1-4H3. The van der Waals surface area contributed by atoms with E-state index in [1.807, 2.05) is 18.2 Å². The molecule has 0 unspecified atom stereocenters. The van der Waals surface area contributed by atoms with Crippen molar-refractivity contribution in [2.75, 3.05) is 27.9 Å². The number of fused-ring (bicyclic) bond motifs is 1. The highest BCUT2D eigenvalue weighted by atomic mass is 16.5. The highest BCUT2D eigenvalue weighted by Crippen LogP contribution is 2.39. The van der Waals surface area contributed by atoms with Crippen LogP contribution in [0.3, 0.4) is 0 Å². The molecule has 0 atom stereocenters. The first-order valence-electron chi connectivity index (χ1n) is 8.71. The Labute approximate surface area is 158 Å². The Bertz CT molecular complexity index is 935. The van der Waals surface area contributed by atoms with Crippen LogP contribution in [0.4, 0.5) is 0 Å². The van der Waals surface area contributed by atoms with Gasteiger partial charge in [-0.25, -0.2) is 0 Å². The minimum absolute atomic E-state index is 0.136. The molecular formula is C21H23NO5. The molecular weight excluding hydrogens is 346 g/mol. The number of rotatable bonds is 8. The number of H-pyrrole nitrogens is 1. The topological polar surface area (TPSA) is 69.8 Å². The van der Waals surface area contributed by atoms with Crippen molar-refractivity contribution in [3.05, 3.63) is 47.7 Å². The molecule has 0 spiro atoms. The minimum Gasteiger partial charge on any atom is -0.494 e. The number of hydrogen-bond donors (Lipinski definition) is 1. The summed E-state index contributed by atoms with van der Waals surface area (Å²) in [5, 5.41) is 0.831. The van der Waals surface area contributed by atoms with Crippen LogP contribution in [0.5, 0.6) is 23.0 Å². The molecule has 0 bridgehead atoms. The number of aromatic amines is 1. The van der Waals surface area contributed by atoms with Gasteiger partial charge in [0.1, 0.15) is 5.75 Å². The first-order valence-corrected chi connectivity index (χ1v) is 8.71. The van der Waals surface area contributed by atoms with Crippen molar-refractivity contribution >= 4 is 16.7 Å². The predicted molar refractivity (Wildman–Crippen MR) is 104 cm³/mol. The van der Waals surface area contributed by atoms with E-state index in [1.165, 1.54) is 21.3 Å². The Morgan fingerprint density at radius 1 is 1.00 bits per heavy atom. The summed E-state index contributed by atoms with van der Waals surface area (Å²) in [5.41, 5.74) is 1.87. The van der Waals surface area contributed by atoms with Crippen molar-refractivity contribution < 1.29 is 23.7 Å². The molecule has 0 aliphatic heterocycles. The van der Waals surface area contributed by atoms with E-state index < -0.39 is 0 Å². The molecule has 1 heterocycles. The summed E-state index contributed by atoms with van der Waals surface area (Å²) in [4.78, 5) is 16.3. The molecule has 6 heteroatoms. The Kier molecular flexibility index (Phi) is 5.54. The number of aromatic nitrogens is 1. The number of carbonyl (C=O) groups is 1. The highest BCUT2D eigenvalue weighted by Gasteiger charge is 2.20. The fourth-order valence-corrected chi connectivity index (χ4v) is 2.97. The number of benzene rings is 2. The third-order valence-corrected chi connectivity index (χ3v) is 4.30. The lowest BCUT2D eigenvalue weighted by Gasteiger charge is -2.13. The average molecular weight is 369 g/mol. The van der Waals surface area contributed by atoms with Gasteiger partial charge in [-0.15, -0.1) is 0 Å². The van der Waals surface area contributed by atoms with Crippen LogP contribution in [0.25, 0.3) is 10.9 Å². The van der Waals surface area contributed by atoms with Crippen LogP contribution in [0.15, 0.2) is 36.5 Å². The summed E-state index contributed by atoms with van der Waals surface area (Å²) >= 11 is 0. The van der Waals surface area contributed by atoms with E-state index in [0.29, 0.717) is 35.0 Å². The van der Waals surface area contributed by atoms with E-state index in [4.69, 9.17) is 18.9 Å². The lowest BCUT2D eigenvalue weighted by molar-refractivity contribution is 0.103. The first kappa shape index (κ1) is 18.6. The maximum absolute atomic E-state index is 13.1. The van der Waals surface area contributed by atoms with Crippen molar-refractivity contribution in [1.29, 1.82) is 0 Å². The summed E-state index contributed by atoms with van der Waals surface area (Å²) in [5.74, 6) is 1.97. The molecule has 0 amide bonds. The smallest absolute Gasteiger partial charge is 0.203 e. The zero-order chi connectivity index (χ0) is 19.4. The molecule has 6 nitrogen and oxygen atoms in total. The monoisotopic (exact) mass is 369 g/mol. The Hall–Kier alpha value is -3.15. The maximum Gasteiger partial charge on any atom is 0.203 e. The van der Waals surface area contributed by atoms with Crippen molar-refractivity contribution in [3.63, 3.8) is 0 Å². The average Bonchev–Trinajstić information content (AvgIpc) is 3.13. The van der Waals surface area contributed by atoms with Gasteiger partial charge in [-0.3, -0.25) is 4.79 Å². The molecule has 0 radical (unpaired) electrons. The Morgan fingerprint density at radius 2 is 1.70 bits per heavy atom. The SMILES string of the molecule is CCCOc1ccc2c(C(=O)c3cc(OC)c(OC)c(OC)c3)c[nH]c2c1. The van der Waals surface area contributed by atoms with Crippen molar-refractivity contribution in [1.82, 2.24) is 4.98 Å². The van der Waals surface area contributed by atoms with E-state index in [-0.39, 0.29) is 5.78 Å². The maximum atomic E-state index is 13.1. The van der Waals surface area contributed by atoms with Crippen LogP contribution in [-0.2, 0) is 0 Å². The van der Waals surface area contributed by atoms with E-state index in [2.05, 4.69) is 11.9 Å². The van der Waals surface area contributed by atoms with Crippen LogP contribution < -0.4 is 18.9 Å². The van der Waals surface area contributed by atoms with Crippen LogP contribution in [0, 0.1) is 0 Å². The molecule has 3 rings (SSSR count). The normalized spacial score (nSPS) is 10.7. The van der Waals surface area contributed by atoms with Gasteiger partial charge in [-0.05, 0) is 30.7 Å². The second-order valence-electron chi connectivity index (χ2n) is 6.00. The number of carbonyl (C=O) groups excluding carboxylic acids is 1. The number of methoxy groups -OCH3 is 3. The van der Waals surface area contributed by atoms with Gasteiger partial charge in [0.05, 0.1) is 27.9 Å². The van der Waals surface area contributed by atoms with Crippen LogP contribution in [-0.4, -0.2) is 38.7 Å². The van der Waals surface area contributed by atoms with Gasteiger partial charge in [-0.2, -0.15) is 0 Å². The highest BCUT2D eigenvalue weighted by molar-refractivity contribution is 6.16. The van der Waals surface area contributed by atoms with Crippen molar-refractivity contribution in [2.45, 2.75) is 13.3 Å². The van der Waals surface area contributed by atoms with Crippen molar-refractivity contribution in [3.8, 4) is 23.0 Å². The van der Waals surface area contributed by atoms with Gasteiger partial charge in [0.2, 0.25) is 5.75 Å². The molecule has 142 valence electrons. The summed E-state index contributed by atoms with van der Waals surface area (Å²) in [6, 6.07) is 8.97. The summed E-state index contributed by atoms with van der Waals surface area (Å²) in [6.07, 6.45) is 2.65. The van der Waals surface area contributed by atoms with Gasteiger partial charge in [-0.1, -0.05) is 6.92 Å². The van der Waals surface area contributed by atoms with Gasteiger partial charge in [0.25, 0.3) is 0 Å². The molecule has 0 saturated carbocycles. The second-order valence-corrected chi connectivity index (χ2v) is 6.00. The van der Waals surface area contributed by atoms with Crippen molar-refractivity contribution in [2.24, 2.45) is 0 Å². The second kappa shape index (κ2) is 8.03. The predicted octanol–water partition coefficient (Wildman–Crippen LogP) is 4.21. The zero-order valence-corrected chi connectivity index (χ0v) is 15.9. The fraction of sp³-hybridized carbons (Fsp3) is 0.286. The van der Waals surface area contributed by atoms with Crippen LogP contribution in [0.1, 0.15) is 29.3 Å². The third-order valence-electron chi connectivity index (χ3n) is 4.30. The summed E-state index contributed by atoms with van der Waals surface area (Å²) in [7, 11) is 4.57. The molecule has 2 aromatic carbocycles. The summed E-state index contributed by atoms with van der Waals surface area (Å²) in [6.45, 7) is 2.71. The lowest BCUT2D eigenvalue weighted by atomic mass is 10.0. The Morgan fingerprint density at radius 3 is 2.30 bits per heavy atom. The first-order chi connectivity index (χ1) is 13.1. The van der Waals surface area contributed by atoms with E-state index in [1.54, 1.807) is 18.3 Å². The van der Waals surface area contributed by atoms with Gasteiger partial charge < -0.3 is 23.9 Å². The third kappa shape index (κ3) is 3.56. The molecule has 0 saturated heterocycles. The quantitative estimate of drug-likeness (QED) is 0.602. The molecule has 0 fully saturated rings. The summed E-state index contributed by atoms with van der Waals surface area (Å²) < 4.78 is 21.7. The number of ketones is 1. The van der Waals surface area contributed by atoms with E-state index >= 15 is 0 Å². The van der Waals surface area contributed by atoms with Crippen LogP contribution >= 0.6 is 0 Å². The number of hydrogen-bond acceptors (Lipinski definition) is 5. The number of nitrogens with one attached hydrogen (secondary N) is 1. The molecule has 1 aromatic heterocycles. The molecule has 1 N–H and O–H groups in total. The number of ether oxygens (including phenoxy) is 4. The molecule has 0 aliphatic rings. The Balaban J connectivity index is 2.01. The van der Waals surface area contributed by atoms with E-state index in [9.17, 15) is 4.79 Å². The van der Waals surface area contributed by atoms with Gasteiger partial charge >= 0.3 is 0 Å². The van der Waals surface area contributed by atoms with E-state index in [0.717, 1.165) is 23.1 Å². The molecule has 3 aromatic rings. The van der Waals surface area contributed by atoms with Gasteiger partial charge in [0.15, 0.2) is 17.3 Å². The largest absolute Gasteiger partial charge is 0.494 e. The fourth-order valence-electron chi connectivity index (χ4n) is 2.97. The lowest BCUT2D eigenvalue weighted by Crippen LogP contribution is -2.03. The molecule has 27 heavy (non-hydrogen) atoms. The van der Waals surface area contributed by atoms with Gasteiger partial charge in [0, 0.05) is 34.3 Å². The van der Waals surface area contributed by atoms with Crippen LogP contribution in [0.2, 0.25) is 0 Å².